The molecule has 0 bridgehead atoms. The van der Waals surface area contributed by atoms with Gasteiger partial charge in [0.05, 0.1) is 12.1 Å². The summed E-state index contributed by atoms with van der Waals surface area (Å²) >= 11 is 0. The largest absolute Gasteiger partial charge is 0.508 e. The Morgan fingerprint density at radius 2 is 1.30 bits per heavy atom. The number of aromatic hydroxyl groups is 1. The maximum atomic E-state index is 14.2. The highest BCUT2D eigenvalue weighted by molar-refractivity contribution is 5.96. The maximum absolute atomic E-state index is 14.2. The zero-order valence-corrected chi connectivity index (χ0v) is 30.2. The van der Waals surface area contributed by atoms with E-state index in [1.807, 2.05) is 54.6 Å². The third kappa shape index (κ3) is 12.0. The van der Waals surface area contributed by atoms with Crippen molar-refractivity contribution < 1.29 is 29.1 Å². The fourth-order valence-electron chi connectivity index (χ4n) is 5.98. The second-order valence-electron chi connectivity index (χ2n) is 13.6. The molecule has 5 atom stereocenters. The van der Waals surface area contributed by atoms with Gasteiger partial charge in [0.2, 0.25) is 23.6 Å². The maximum Gasteiger partial charge on any atom is 0.243 e. The highest BCUT2D eigenvalue weighted by Crippen LogP contribution is 2.20. The third-order valence-electron chi connectivity index (χ3n) is 9.13. The van der Waals surface area contributed by atoms with Gasteiger partial charge in [-0.25, -0.2) is 0 Å². The SMILES string of the molecule is CC(C)[C@@H](C=O)NC(=O)[C@H](CCCCN)NC(=O)[C@@H](Cc1c[nH]c2ccccc12)NC(=O)[C@H](Cc1ccc(O)cc1)NC(=O)[C@@H](N)Cc1ccccc1. The molecule has 0 saturated heterocycles. The fourth-order valence-corrected chi connectivity index (χ4v) is 5.98. The van der Waals surface area contributed by atoms with Gasteiger partial charge < -0.3 is 47.6 Å². The fraction of sp³-hybridized carbons (Fsp3) is 0.375. The molecule has 4 aromatic rings. The van der Waals surface area contributed by atoms with Crippen molar-refractivity contribution in [1.82, 2.24) is 26.3 Å². The van der Waals surface area contributed by atoms with E-state index in [2.05, 4.69) is 26.3 Å². The Kier molecular flexibility index (Phi) is 15.1. The Balaban J connectivity index is 1.62. The highest BCUT2D eigenvalue weighted by Gasteiger charge is 2.32. The molecule has 3 aromatic carbocycles. The normalized spacial score (nSPS) is 14.1. The number of aromatic nitrogens is 1. The van der Waals surface area contributed by atoms with E-state index in [0.29, 0.717) is 31.2 Å². The zero-order chi connectivity index (χ0) is 38.3. The molecule has 1 heterocycles. The van der Waals surface area contributed by atoms with Gasteiger partial charge in [-0.3, -0.25) is 19.2 Å². The first-order valence-electron chi connectivity index (χ1n) is 18.0. The summed E-state index contributed by atoms with van der Waals surface area (Å²) in [4.78, 5) is 70.1. The number of nitrogens with two attached hydrogens (primary N) is 2. The molecule has 1 aromatic heterocycles. The lowest BCUT2D eigenvalue weighted by molar-refractivity contribution is -0.134. The van der Waals surface area contributed by atoms with E-state index < -0.39 is 53.8 Å². The molecule has 13 heteroatoms. The van der Waals surface area contributed by atoms with Crippen LogP contribution in [0.3, 0.4) is 0 Å². The number of aldehydes is 1. The molecular weight excluding hydrogens is 674 g/mol. The minimum Gasteiger partial charge on any atom is -0.508 e. The zero-order valence-electron chi connectivity index (χ0n) is 30.2. The standard InChI is InChI=1S/C40H51N7O6/c1-25(2)36(24-48)47-38(51)33(14-8-9-19-41)44-40(53)35(22-28-23-43-32-13-7-6-12-30(28)32)46-39(52)34(21-27-15-17-29(49)18-16-27)45-37(50)31(42)20-26-10-4-3-5-11-26/h3-7,10-13,15-18,23-25,31,33-36,43,49H,8-9,14,19-22,41-42H2,1-2H3,(H,44,53)(H,45,50)(H,46,52)(H,47,51)/t31-,33-,34-,35+,36+/m0/s1. The van der Waals surface area contributed by atoms with Crippen LogP contribution in [0.2, 0.25) is 0 Å². The van der Waals surface area contributed by atoms with Gasteiger partial charge in [0.1, 0.15) is 30.2 Å². The molecule has 0 spiro atoms. The van der Waals surface area contributed by atoms with Crippen molar-refractivity contribution in [2.45, 2.75) is 82.6 Å². The molecule has 10 N–H and O–H groups in total. The third-order valence-corrected chi connectivity index (χ3v) is 9.13. The van der Waals surface area contributed by atoms with E-state index in [0.717, 1.165) is 22.0 Å². The van der Waals surface area contributed by atoms with Crippen LogP contribution >= 0.6 is 0 Å². The molecular formula is C40H51N7O6. The number of para-hydroxylation sites is 1. The molecule has 0 aliphatic heterocycles. The van der Waals surface area contributed by atoms with Crippen LogP contribution in [0.15, 0.2) is 85.1 Å². The van der Waals surface area contributed by atoms with Gasteiger partial charge in [-0.15, -0.1) is 0 Å². The summed E-state index contributed by atoms with van der Waals surface area (Å²) < 4.78 is 0. The van der Waals surface area contributed by atoms with Crippen molar-refractivity contribution in [3.8, 4) is 5.75 Å². The minimum atomic E-state index is -1.18. The van der Waals surface area contributed by atoms with Gasteiger partial charge in [0.15, 0.2) is 0 Å². The van der Waals surface area contributed by atoms with Crippen LogP contribution in [0.5, 0.6) is 5.75 Å². The number of unbranched alkanes of at least 4 members (excludes halogenated alkanes) is 1. The topological polar surface area (TPSA) is 222 Å². The Bertz CT molecular complexity index is 1810. The summed E-state index contributed by atoms with van der Waals surface area (Å²) in [7, 11) is 0. The molecule has 4 rings (SSSR count). The summed E-state index contributed by atoms with van der Waals surface area (Å²) in [5, 5.41) is 21.9. The number of carbonyl (C=O) groups is 5. The van der Waals surface area contributed by atoms with Crippen LogP contribution < -0.4 is 32.7 Å². The molecule has 53 heavy (non-hydrogen) atoms. The summed E-state index contributed by atoms with van der Waals surface area (Å²) in [6.07, 6.45) is 4.14. The first-order chi connectivity index (χ1) is 25.5. The van der Waals surface area contributed by atoms with Crippen LogP contribution in [0, 0.1) is 5.92 Å². The molecule has 0 fully saturated rings. The number of fused-ring (bicyclic) bond motifs is 1. The number of rotatable bonds is 20. The van der Waals surface area contributed by atoms with Crippen molar-refractivity contribution >= 4 is 40.8 Å². The summed E-state index contributed by atoms with van der Waals surface area (Å²) in [6, 6.07) is 17.9. The molecule has 0 aliphatic carbocycles. The second kappa shape index (κ2) is 19.9. The monoisotopic (exact) mass is 725 g/mol. The van der Waals surface area contributed by atoms with Gasteiger partial charge >= 0.3 is 0 Å². The number of carbonyl (C=O) groups excluding carboxylic acids is 5. The Morgan fingerprint density at radius 3 is 1.96 bits per heavy atom. The van der Waals surface area contributed by atoms with Crippen LogP contribution in [0.1, 0.15) is 49.8 Å². The van der Waals surface area contributed by atoms with Crippen LogP contribution in [-0.4, -0.2) is 76.8 Å². The smallest absolute Gasteiger partial charge is 0.243 e. The summed E-state index contributed by atoms with van der Waals surface area (Å²) in [5.41, 5.74) is 15.1. The lowest BCUT2D eigenvalue weighted by atomic mass is 10.00. The first kappa shape index (κ1) is 40.2. The van der Waals surface area contributed by atoms with Gasteiger partial charge in [-0.05, 0) is 73.0 Å². The van der Waals surface area contributed by atoms with Crippen LogP contribution in [-0.2, 0) is 43.2 Å². The van der Waals surface area contributed by atoms with E-state index >= 15 is 0 Å². The number of hydrogen-bond donors (Lipinski definition) is 8. The molecule has 0 unspecified atom stereocenters. The number of nitrogens with one attached hydrogen (secondary N) is 5. The van der Waals surface area contributed by atoms with Crippen LogP contribution in [0.4, 0.5) is 0 Å². The van der Waals surface area contributed by atoms with Crippen molar-refractivity contribution in [2.75, 3.05) is 6.54 Å². The first-order valence-corrected chi connectivity index (χ1v) is 18.0. The minimum absolute atomic E-state index is 0.0315. The molecule has 0 saturated carbocycles. The Morgan fingerprint density at radius 1 is 0.717 bits per heavy atom. The van der Waals surface area contributed by atoms with Crippen molar-refractivity contribution in [3.05, 3.63) is 102 Å². The van der Waals surface area contributed by atoms with E-state index in [9.17, 15) is 29.1 Å². The average molecular weight is 726 g/mol. The summed E-state index contributed by atoms with van der Waals surface area (Å²) in [6.45, 7) is 4.00. The predicted octanol–water partition coefficient (Wildman–Crippen LogP) is 2.15. The van der Waals surface area contributed by atoms with E-state index in [4.69, 9.17) is 11.5 Å². The molecule has 282 valence electrons. The number of hydrogen-bond acceptors (Lipinski definition) is 8. The molecule has 0 radical (unpaired) electrons. The Labute approximate surface area is 309 Å². The van der Waals surface area contributed by atoms with Crippen LogP contribution in [0.25, 0.3) is 10.9 Å². The quantitative estimate of drug-likeness (QED) is 0.0497. The van der Waals surface area contributed by atoms with Gasteiger partial charge in [-0.1, -0.05) is 74.5 Å². The highest BCUT2D eigenvalue weighted by atomic mass is 16.3. The number of aromatic amines is 1. The lowest BCUT2D eigenvalue weighted by Crippen LogP contribution is -2.59. The van der Waals surface area contributed by atoms with Crippen molar-refractivity contribution in [2.24, 2.45) is 17.4 Å². The van der Waals surface area contributed by atoms with Gasteiger partial charge in [-0.2, -0.15) is 0 Å². The number of phenolic OH excluding ortho intramolecular Hbond substituents is 1. The Hall–Kier alpha value is -5.53. The van der Waals surface area contributed by atoms with Gasteiger partial charge in [0, 0.05) is 29.9 Å². The van der Waals surface area contributed by atoms with Crippen molar-refractivity contribution in [3.63, 3.8) is 0 Å². The lowest BCUT2D eigenvalue weighted by Gasteiger charge is -2.27. The molecule has 0 aliphatic rings. The van der Waals surface area contributed by atoms with Gasteiger partial charge in [0.25, 0.3) is 0 Å². The number of phenols is 1. The van der Waals surface area contributed by atoms with Crippen molar-refractivity contribution in [1.29, 1.82) is 0 Å². The summed E-state index contributed by atoms with van der Waals surface area (Å²) in [5.74, 6) is -2.49. The number of amides is 4. The molecule has 13 nitrogen and oxygen atoms in total. The van der Waals surface area contributed by atoms with E-state index in [1.165, 1.54) is 12.1 Å². The molecule has 4 amide bonds. The van der Waals surface area contributed by atoms with E-state index in [-0.39, 0.29) is 37.4 Å². The second-order valence-corrected chi connectivity index (χ2v) is 13.6. The number of H-pyrrole nitrogens is 1. The predicted molar refractivity (Wildman–Crippen MR) is 203 cm³/mol. The average Bonchev–Trinajstić information content (AvgIpc) is 3.56. The number of benzene rings is 3. The van der Waals surface area contributed by atoms with E-state index in [1.54, 1.807) is 32.2 Å².